The summed E-state index contributed by atoms with van der Waals surface area (Å²) in [6.07, 6.45) is 1.91. The molecule has 0 heterocycles. The fourth-order valence-electron chi connectivity index (χ4n) is 3.15. The Morgan fingerprint density at radius 1 is 0.619 bits per heavy atom. The van der Waals surface area contributed by atoms with E-state index < -0.39 is 0 Å². The van der Waals surface area contributed by atoms with Crippen molar-refractivity contribution >= 4 is 38.5 Å². The molecule has 0 aliphatic rings. The average molecular weight is 269 g/mol. The molecule has 1 nitrogen and oxygen atoms in total. The summed E-state index contributed by atoms with van der Waals surface area (Å²) in [6.45, 7) is 0. The van der Waals surface area contributed by atoms with Gasteiger partial charge in [0.1, 0.15) is 0 Å². The van der Waals surface area contributed by atoms with Gasteiger partial charge in [-0.25, -0.2) is 0 Å². The van der Waals surface area contributed by atoms with Crippen molar-refractivity contribution in [2.24, 2.45) is 4.99 Å². The zero-order chi connectivity index (χ0) is 14.2. The molecule has 4 aromatic carbocycles. The van der Waals surface area contributed by atoms with Gasteiger partial charge in [0, 0.05) is 13.3 Å². The Labute approximate surface area is 123 Å². The van der Waals surface area contributed by atoms with Crippen LogP contribution in [0.3, 0.4) is 0 Å². The molecule has 0 radical (unpaired) electrons. The van der Waals surface area contributed by atoms with Crippen molar-refractivity contribution in [3.8, 4) is 0 Å². The third-order valence-corrected chi connectivity index (χ3v) is 4.05. The van der Waals surface area contributed by atoms with Crippen LogP contribution in [-0.4, -0.2) is 13.3 Å². The summed E-state index contributed by atoms with van der Waals surface area (Å²) in [5.74, 6) is 0. The van der Waals surface area contributed by atoms with Gasteiger partial charge in [-0.3, -0.25) is 4.99 Å². The van der Waals surface area contributed by atoms with Gasteiger partial charge in [-0.1, -0.05) is 60.7 Å². The second-order valence-electron chi connectivity index (χ2n) is 5.28. The van der Waals surface area contributed by atoms with Crippen LogP contribution in [0.25, 0.3) is 32.3 Å². The molecule has 0 saturated heterocycles. The molecule has 4 rings (SSSR count). The minimum Gasteiger partial charge on any atom is -0.296 e. The Hall–Kier alpha value is -2.67. The van der Waals surface area contributed by atoms with Gasteiger partial charge in [0.2, 0.25) is 0 Å². The first-order valence-electron chi connectivity index (χ1n) is 7.14. The fraction of sp³-hybridized carbons (Fsp3) is 0.0500. The highest BCUT2D eigenvalue weighted by atomic mass is 14.6. The molecule has 0 fully saturated rings. The van der Waals surface area contributed by atoms with Gasteiger partial charge in [-0.05, 0) is 43.9 Å². The smallest absolute Gasteiger partial charge is 0.0281 e. The summed E-state index contributed by atoms with van der Waals surface area (Å²) in [5.41, 5.74) is 1.14. The molecule has 0 aromatic heterocycles. The zero-order valence-electron chi connectivity index (χ0n) is 11.9. The molecule has 0 saturated carbocycles. The van der Waals surface area contributed by atoms with Gasteiger partial charge in [-0.2, -0.15) is 0 Å². The molecular formula is C20H15N. The van der Waals surface area contributed by atoms with Crippen molar-refractivity contribution in [2.45, 2.75) is 0 Å². The first-order valence-corrected chi connectivity index (χ1v) is 7.14. The third kappa shape index (κ3) is 1.82. The van der Waals surface area contributed by atoms with Crippen LogP contribution in [0.15, 0.2) is 71.7 Å². The van der Waals surface area contributed by atoms with E-state index in [1.807, 2.05) is 13.3 Å². The summed E-state index contributed by atoms with van der Waals surface area (Å²) < 4.78 is 0. The van der Waals surface area contributed by atoms with Gasteiger partial charge in [0.05, 0.1) is 0 Å². The van der Waals surface area contributed by atoms with E-state index in [1.54, 1.807) is 0 Å². The fourth-order valence-corrected chi connectivity index (χ4v) is 3.15. The van der Waals surface area contributed by atoms with Crippen molar-refractivity contribution < 1.29 is 0 Å². The minimum absolute atomic E-state index is 1.14. The number of aliphatic imine (C=N–C) groups is 1. The van der Waals surface area contributed by atoms with Crippen molar-refractivity contribution in [1.82, 2.24) is 0 Å². The predicted octanol–water partition coefficient (Wildman–Crippen LogP) is 5.19. The van der Waals surface area contributed by atoms with E-state index in [4.69, 9.17) is 0 Å². The molecule has 0 atom stereocenters. The Morgan fingerprint density at radius 3 is 1.62 bits per heavy atom. The number of hydrogen-bond acceptors (Lipinski definition) is 1. The second-order valence-corrected chi connectivity index (χ2v) is 5.28. The van der Waals surface area contributed by atoms with Crippen LogP contribution < -0.4 is 0 Å². The summed E-state index contributed by atoms with van der Waals surface area (Å²) >= 11 is 0. The van der Waals surface area contributed by atoms with Crippen molar-refractivity contribution in [1.29, 1.82) is 0 Å². The highest BCUT2D eigenvalue weighted by molar-refractivity contribution is 6.25. The lowest BCUT2D eigenvalue weighted by Crippen LogP contribution is -1.86. The molecule has 0 amide bonds. The molecule has 0 N–H and O–H groups in total. The van der Waals surface area contributed by atoms with Crippen LogP contribution in [0, 0.1) is 0 Å². The first-order chi connectivity index (χ1) is 10.4. The molecule has 4 aromatic rings. The molecule has 100 valence electrons. The van der Waals surface area contributed by atoms with Gasteiger partial charge in [-0.15, -0.1) is 0 Å². The van der Waals surface area contributed by atoms with Gasteiger partial charge < -0.3 is 0 Å². The Kier molecular flexibility index (Phi) is 2.71. The molecule has 0 aliphatic heterocycles. The number of nitrogens with zero attached hydrogens (tertiary/aromatic N) is 1. The van der Waals surface area contributed by atoms with Gasteiger partial charge >= 0.3 is 0 Å². The first kappa shape index (κ1) is 12.1. The van der Waals surface area contributed by atoms with Crippen LogP contribution in [0.2, 0.25) is 0 Å². The monoisotopic (exact) mass is 269 g/mol. The number of benzene rings is 4. The lowest BCUT2D eigenvalue weighted by molar-refractivity contribution is 1.46. The Morgan fingerprint density at radius 2 is 1.10 bits per heavy atom. The number of hydrogen-bond donors (Lipinski definition) is 0. The molecule has 0 aliphatic carbocycles. The quantitative estimate of drug-likeness (QED) is 0.333. The van der Waals surface area contributed by atoms with Crippen molar-refractivity contribution in [3.63, 3.8) is 0 Å². The van der Waals surface area contributed by atoms with Gasteiger partial charge in [0.25, 0.3) is 0 Å². The van der Waals surface area contributed by atoms with E-state index in [0.717, 1.165) is 5.56 Å². The van der Waals surface area contributed by atoms with Crippen LogP contribution in [0.4, 0.5) is 0 Å². The zero-order valence-corrected chi connectivity index (χ0v) is 11.9. The number of fused-ring (bicyclic) bond motifs is 6. The lowest BCUT2D eigenvalue weighted by atomic mass is 9.93. The van der Waals surface area contributed by atoms with E-state index in [-0.39, 0.29) is 0 Å². The SMILES string of the molecule is CN=Cc1ccc2c3ccccc3c3ccccc3c2c1. The Balaban J connectivity index is 2.30. The van der Waals surface area contributed by atoms with Crippen LogP contribution in [0.5, 0.6) is 0 Å². The predicted molar refractivity (Wildman–Crippen MR) is 92.5 cm³/mol. The lowest BCUT2D eigenvalue weighted by Gasteiger charge is -2.10. The Bertz CT molecular complexity index is 961. The molecule has 0 bridgehead atoms. The van der Waals surface area contributed by atoms with Gasteiger partial charge in [0.15, 0.2) is 0 Å². The van der Waals surface area contributed by atoms with Crippen LogP contribution >= 0.6 is 0 Å². The van der Waals surface area contributed by atoms with Crippen molar-refractivity contribution in [3.05, 3.63) is 72.3 Å². The highest BCUT2D eigenvalue weighted by Gasteiger charge is 2.07. The summed E-state index contributed by atoms with van der Waals surface area (Å²) in [7, 11) is 1.81. The maximum absolute atomic E-state index is 4.13. The largest absolute Gasteiger partial charge is 0.296 e. The molecular weight excluding hydrogens is 254 g/mol. The summed E-state index contributed by atoms with van der Waals surface area (Å²) in [6, 6.07) is 23.8. The maximum Gasteiger partial charge on any atom is 0.0281 e. The summed E-state index contributed by atoms with van der Waals surface area (Å²) in [4.78, 5) is 4.13. The van der Waals surface area contributed by atoms with E-state index in [2.05, 4.69) is 71.7 Å². The normalized spacial score (nSPS) is 11.9. The van der Waals surface area contributed by atoms with Crippen molar-refractivity contribution in [2.75, 3.05) is 7.05 Å². The van der Waals surface area contributed by atoms with Crippen LogP contribution in [0.1, 0.15) is 5.56 Å². The summed E-state index contributed by atoms with van der Waals surface area (Å²) in [5, 5.41) is 7.84. The maximum atomic E-state index is 4.13. The third-order valence-electron chi connectivity index (χ3n) is 4.05. The van der Waals surface area contributed by atoms with E-state index in [0.29, 0.717) is 0 Å². The van der Waals surface area contributed by atoms with E-state index in [9.17, 15) is 0 Å². The standard InChI is InChI=1S/C20H15N/c1-21-13-14-10-11-19-17-8-3-2-6-15(17)16-7-4-5-9-18(16)20(19)12-14/h2-13H,1H3. The molecule has 21 heavy (non-hydrogen) atoms. The number of rotatable bonds is 1. The highest BCUT2D eigenvalue weighted by Crippen LogP contribution is 2.34. The average Bonchev–Trinajstić information content (AvgIpc) is 2.55. The molecule has 0 spiro atoms. The van der Waals surface area contributed by atoms with E-state index in [1.165, 1.54) is 32.3 Å². The van der Waals surface area contributed by atoms with E-state index >= 15 is 0 Å². The second kappa shape index (κ2) is 4.71. The molecule has 0 unspecified atom stereocenters. The van der Waals surface area contributed by atoms with Crippen LogP contribution in [-0.2, 0) is 0 Å². The topological polar surface area (TPSA) is 12.4 Å². The molecule has 1 heteroatoms. The minimum atomic E-state index is 1.14.